The normalized spacial score (nSPS) is 19.8. The maximum Gasteiger partial charge on any atom is 0.408 e. The van der Waals surface area contributed by atoms with Crippen molar-refractivity contribution < 1.29 is 32.3 Å². The lowest BCUT2D eigenvalue weighted by atomic mass is 9.74. The van der Waals surface area contributed by atoms with E-state index in [1.54, 1.807) is 42.5 Å². The van der Waals surface area contributed by atoms with Gasteiger partial charge in [-0.3, -0.25) is 19.4 Å². The molecule has 1 aromatic carbocycles. The van der Waals surface area contributed by atoms with Crippen LogP contribution in [0.1, 0.15) is 31.5 Å². The molecule has 0 radical (unpaired) electrons. The quantitative estimate of drug-likeness (QED) is 0.427. The van der Waals surface area contributed by atoms with Gasteiger partial charge in [0.15, 0.2) is 0 Å². The molecule has 10 nitrogen and oxygen atoms in total. The van der Waals surface area contributed by atoms with E-state index in [0.29, 0.717) is 15.7 Å². The lowest BCUT2D eigenvalue weighted by Gasteiger charge is -2.40. The molecule has 2 aromatic rings. The number of carbonyl (C=O) groups excluding carboxylic acids is 3. The van der Waals surface area contributed by atoms with Crippen LogP contribution in [-0.4, -0.2) is 82.3 Å². The molecule has 4 rings (SSSR count). The average molecular weight is 609 g/mol. The number of amides is 3. The second-order valence-corrected chi connectivity index (χ2v) is 11.4. The number of nitrogens with one attached hydrogen (secondary N) is 1. The number of nitrogens with two attached hydrogens (primary N) is 1. The van der Waals surface area contributed by atoms with Crippen molar-refractivity contribution in [1.82, 2.24) is 20.2 Å². The summed E-state index contributed by atoms with van der Waals surface area (Å²) < 4.78 is 45.6. The third-order valence-corrected chi connectivity index (χ3v) is 7.27. The highest BCUT2D eigenvalue weighted by atomic mass is 35.5. The summed E-state index contributed by atoms with van der Waals surface area (Å²) in [4.78, 5) is 45.8. The molecule has 14 heteroatoms. The van der Waals surface area contributed by atoms with E-state index >= 15 is 0 Å². The SMILES string of the molecule is CC(C)(N)C(=O)N[C@H](COCc1ccc(Cl)cc1)C(=O)N1CCC2=NN(CC(F)(F)F)C(=O)C2(Cc2ccccn2)C1. The van der Waals surface area contributed by atoms with Crippen molar-refractivity contribution >= 4 is 35.0 Å². The number of halogens is 4. The number of pyridine rings is 1. The van der Waals surface area contributed by atoms with Gasteiger partial charge in [-0.15, -0.1) is 0 Å². The van der Waals surface area contributed by atoms with Crippen molar-refractivity contribution in [3.05, 3.63) is 64.9 Å². The molecule has 1 unspecified atom stereocenters. The second kappa shape index (κ2) is 12.4. The van der Waals surface area contributed by atoms with Crippen LogP contribution in [0.5, 0.6) is 0 Å². The van der Waals surface area contributed by atoms with Crippen LogP contribution in [0.25, 0.3) is 0 Å². The highest BCUT2D eigenvalue weighted by molar-refractivity contribution is 6.30. The Kier molecular flexibility index (Phi) is 9.24. The Morgan fingerprint density at radius 3 is 2.52 bits per heavy atom. The van der Waals surface area contributed by atoms with Crippen LogP contribution in [0.4, 0.5) is 13.2 Å². The van der Waals surface area contributed by atoms with Gasteiger partial charge >= 0.3 is 6.18 Å². The molecule has 0 spiro atoms. The van der Waals surface area contributed by atoms with Crippen molar-refractivity contribution in [3.8, 4) is 0 Å². The molecule has 3 N–H and O–H groups in total. The number of benzene rings is 1. The third kappa shape index (κ3) is 7.44. The minimum absolute atomic E-state index is 0.0520. The van der Waals surface area contributed by atoms with E-state index in [0.717, 1.165) is 5.56 Å². The van der Waals surface area contributed by atoms with Crippen molar-refractivity contribution in [3.63, 3.8) is 0 Å². The summed E-state index contributed by atoms with van der Waals surface area (Å²) in [5.74, 6) is -2.03. The molecule has 2 aliphatic heterocycles. The number of aromatic nitrogens is 1. The summed E-state index contributed by atoms with van der Waals surface area (Å²) in [6.07, 6.45) is -3.14. The van der Waals surface area contributed by atoms with E-state index in [1.807, 2.05) is 0 Å². The Bertz CT molecular complexity index is 1330. The number of likely N-dealkylation sites (tertiary alicyclic amines) is 1. The number of nitrogens with zero attached hydrogens (tertiary/aromatic N) is 4. The van der Waals surface area contributed by atoms with E-state index in [4.69, 9.17) is 22.1 Å². The third-order valence-electron chi connectivity index (χ3n) is 7.02. The monoisotopic (exact) mass is 608 g/mol. The molecule has 0 saturated carbocycles. The predicted molar refractivity (Wildman–Crippen MR) is 148 cm³/mol. The number of piperidine rings is 1. The summed E-state index contributed by atoms with van der Waals surface area (Å²) in [5, 5.41) is 7.66. The van der Waals surface area contributed by atoms with Crippen molar-refractivity contribution in [2.24, 2.45) is 16.3 Å². The zero-order valence-corrected chi connectivity index (χ0v) is 23.9. The standard InChI is InChI=1S/C28H32ClF3N6O4/c1-26(2,33)24(40)35-21(15-42-14-18-6-8-19(29)9-7-18)23(39)37-12-10-22-27(16-37,13-20-5-3-4-11-34-20)25(41)38(36-22)17-28(30,31)32/h3-9,11,21H,10,12-17,33H2,1-2H3,(H,35,40)/t21-,27?/m1/s1. The van der Waals surface area contributed by atoms with Gasteiger partial charge in [-0.1, -0.05) is 29.8 Å². The van der Waals surface area contributed by atoms with Gasteiger partial charge in [-0.05, 0) is 43.7 Å². The maximum atomic E-state index is 13.9. The first-order valence-electron chi connectivity index (χ1n) is 13.3. The molecule has 1 saturated heterocycles. The van der Waals surface area contributed by atoms with Crippen LogP contribution in [0.3, 0.4) is 0 Å². The number of fused-ring (bicyclic) bond motifs is 1. The molecule has 42 heavy (non-hydrogen) atoms. The van der Waals surface area contributed by atoms with Gasteiger partial charge in [0.2, 0.25) is 11.8 Å². The molecule has 226 valence electrons. The van der Waals surface area contributed by atoms with Gasteiger partial charge in [0.05, 0.1) is 24.5 Å². The van der Waals surface area contributed by atoms with Crippen LogP contribution >= 0.6 is 11.6 Å². The molecule has 3 amide bonds. The zero-order chi connectivity index (χ0) is 30.7. The van der Waals surface area contributed by atoms with Gasteiger partial charge in [0, 0.05) is 42.8 Å². The molecular weight excluding hydrogens is 577 g/mol. The fraction of sp³-hybridized carbons (Fsp3) is 0.464. The molecule has 3 heterocycles. The number of ether oxygens (including phenoxy) is 1. The second-order valence-electron chi connectivity index (χ2n) is 11.0. The highest BCUT2D eigenvalue weighted by Crippen LogP contribution is 2.39. The summed E-state index contributed by atoms with van der Waals surface area (Å²) in [6, 6.07) is 10.7. The van der Waals surface area contributed by atoms with E-state index in [1.165, 1.54) is 24.9 Å². The van der Waals surface area contributed by atoms with Gasteiger partial charge in [-0.25, -0.2) is 5.01 Å². The maximum absolute atomic E-state index is 13.9. The molecule has 2 aliphatic rings. The number of hydrazone groups is 1. The number of hydrogen-bond acceptors (Lipinski definition) is 7. The molecule has 0 aliphatic carbocycles. The smallest absolute Gasteiger partial charge is 0.374 e. The fourth-order valence-electron chi connectivity index (χ4n) is 4.88. The number of rotatable bonds is 10. The lowest BCUT2D eigenvalue weighted by Crippen LogP contribution is -2.61. The van der Waals surface area contributed by atoms with Gasteiger partial charge in [0.25, 0.3) is 5.91 Å². The Balaban J connectivity index is 1.58. The minimum atomic E-state index is -4.67. The van der Waals surface area contributed by atoms with E-state index in [9.17, 15) is 27.6 Å². The van der Waals surface area contributed by atoms with Crippen molar-refractivity contribution in [2.45, 2.75) is 51.1 Å². The molecular formula is C28H32ClF3N6O4. The molecule has 0 bridgehead atoms. The number of carbonyl (C=O) groups is 3. The Morgan fingerprint density at radius 1 is 1.19 bits per heavy atom. The first-order chi connectivity index (χ1) is 19.7. The predicted octanol–water partition coefficient (Wildman–Crippen LogP) is 2.70. The average Bonchev–Trinajstić information content (AvgIpc) is 3.17. The molecule has 1 fully saturated rings. The van der Waals surface area contributed by atoms with Crippen LogP contribution in [-0.2, 0) is 32.1 Å². The Morgan fingerprint density at radius 2 is 1.90 bits per heavy atom. The van der Waals surface area contributed by atoms with Gasteiger partial charge in [-0.2, -0.15) is 18.3 Å². The largest absolute Gasteiger partial charge is 0.408 e. The summed E-state index contributed by atoms with van der Waals surface area (Å²) >= 11 is 5.93. The Labute approximate surface area is 246 Å². The number of alkyl halides is 3. The first kappa shape index (κ1) is 31.4. The van der Waals surface area contributed by atoms with Crippen LogP contribution in [0.2, 0.25) is 5.02 Å². The van der Waals surface area contributed by atoms with Gasteiger partial charge in [0.1, 0.15) is 18.0 Å². The Hall–Kier alpha value is -3.55. The van der Waals surface area contributed by atoms with Gasteiger partial charge < -0.3 is 20.7 Å². The van der Waals surface area contributed by atoms with Crippen molar-refractivity contribution in [1.29, 1.82) is 0 Å². The van der Waals surface area contributed by atoms with Crippen LogP contribution in [0, 0.1) is 5.41 Å². The first-order valence-corrected chi connectivity index (χ1v) is 13.6. The molecule has 2 atom stereocenters. The highest BCUT2D eigenvalue weighted by Gasteiger charge is 2.56. The lowest BCUT2D eigenvalue weighted by molar-refractivity contribution is -0.164. The summed E-state index contributed by atoms with van der Waals surface area (Å²) in [7, 11) is 0. The van der Waals surface area contributed by atoms with E-state index < -0.39 is 47.4 Å². The zero-order valence-electron chi connectivity index (χ0n) is 23.2. The summed E-state index contributed by atoms with van der Waals surface area (Å²) in [5.41, 5.74) is 4.60. The van der Waals surface area contributed by atoms with Crippen molar-refractivity contribution in [2.75, 3.05) is 26.2 Å². The van der Waals surface area contributed by atoms with E-state index in [2.05, 4.69) is 15.4 Å². The summed E-state index contributed by atoms with van der Waals surface area (Å²) in [6.45, 7) is 1.15. The minimum Gasteiger partial charge on any atom is -0.374 e. The van der Waals surface area contributed by atoms with E-state index in [-0.39, 0.29) is 44.9 Å². The fourth-order valence-corrected chi connectivity index (χ4v) is 5.00. The number of hydrogen-bond donors (Lipinski definition) is 2. The van der Waals surface area contributed by atoms with Crippen LogP contribution in [0.15, 0.2) is 53.8 Å². The topological polar surface area (TPSA) is 130 Å². The molecule has 1 aromatic heterocycles. The van der Waals surface area contributed by atoms with Crippen LogP contribution < -0.4 is 11.1 Å².